The Morgan fingerprint density at radius 2 is 2.10 bits per heavy atom. The molecule has 0 unspecified atom stereocenters. The van der Waals surface area contributed by atoms with Crippen LogP contribution in [0.4, 0.5) is 11.4 Å². The van der Waals surface area contributed by atoms with E-state index < -0.39 is 0 Å². The van der Waals surface area contributed by atoms with Crippen molar-refractivity contribution in [2.45, 2.75) is 40.0 Å². The number of fused-ring (bicyclic) bond motifs is 2. The molecule has 0 saturated heterocycles. The van der Waals surface area contributed by atoms with Gasteiger partial charge >= 0.3 is 0 Å². The highest BCUT2D eigenvalue weighted by molar-refractivity contribution is 5.92. The second-order valence-electron chi connectivity index (χ2n) is 7.85. The van der Waals surface area contributed by atoms with Gasteiger partial charge in [-0.2, -0.15) is 0 Å². The Kier molecular flexibility index (Phi) is 5.37. The van der Waals surface area contributed by atoms with E-state index in [-0.39, 0.29) is 5.91 Å². The number of likely N-dealkylation sites (N-methyl/N-ethyl adjacent to an activating group) is 1. The van der Waals surface area contributed by atoms with Gasteiger partial charge in [-0.25, -0.2) is 9.67 Å². The van der Waals surface area contributed by atoms with Crippen molar-refractivity contribution in [1.29, 1.82) is 0 Å². The first-order valence-electron chi connectivity index (χ1n) is 10.5. The zero-order valence-corrected chi connectivity index (χ0v) is 18.4. The molecule has 1 aliphatic rings. The average molecular weight is 408 g/mol. The van der Waals surface area contributed by atoms with Gasteiger partial charge in [0.25, 0.3) is 0 Å². The van der Waals surface area contributed by atoms with Gasteiger partial charge < -0.3 is 15.0 Å². The summed E-state index contributed by atoms with van der Waals surface area (Å²) in [6.07, 6.45) is 2.09. The van der Waals surface area contributed by atoms with Crippen LogP contribution >= 0.6 is 0 Å². The number of benzene rings is 1. The SMILES string of the molecule is CCN1CCc2ccc(NC(=O)CCc3c(C)nc4c(c(OC)nn4C)c3C)cc21. The number of anilines is 2. The summed E-state index contributed by atoms with van der Waals surface area (Å²) in [5.74, 6) is 0.579. The number of ether oxygens (including phenoxy) is 1. The van der Waals surface area contributed by atoms with Crippen LogP contribution in [0.15, 0.2) is 18.2 Å². The predicted molar refractivity (Wildman–Crippen MR) is 120 cm³/mol. The molecule has 2 aromatic heterocycles. The standard InChI is InChI=1S/C23H29N5O2/c1-6-28-12-11-16-7-8-17(13-19(16)28)25-20(29)10-9-18-14(2)21-22(24-15(18)3)27(4)26-23(21)30-5/h7-8,13H,6,9-12H2,1-5H3,(H,25,29). The number of amides is 1. The number of nitrogens with zero attached hydrogens (tertiary/aromatic N) is 4. The quantitative estimate of drug-likeness (QED) is 0.677. The van der Waals surface area contributed by atoms with Crippen LogP contribution in [-0.4, -0.2) is 40.9 Å². The number of carbonyl (C=O) groups excluding carboxylic acids is 1. The molecule has 3 heterocycles. The second kappa shape index (κ2) is 7.97. The fraction of sp³-hybridized carbons (Fsp3) is 0.435. The highest BCUT2D eigenvalue weighted by Gasteiger charge is 2.20. The highest BCUT2D eigenvalue weighted by Crippen LogP contribution is 2.32. The lowest BCUT2D eigenvalue weighted by molar-refractivity contribution is -0.116. The second-order valence-corrected chi connectivity index (χ2v) is 7.85. The molecule has 1 aliphatic heterocycles. The Bertz CT molecular complexity index is 1120. The minimum Gasteiger partial charge on any atom is -0.479 e. The van der Waals surface area contributed by atoms with Crippen molar-refractivity contribution in [3.8, 4) is 5.88 Å². The fourth-order valence-electron chi connectivity index (χ4n) is 4.42. The molecular formula is C23H29N5O2. The molecule has 0 aliphatic carbocycles. The molecule has 7 heteroatoms. The first-order chi connectivity index (χ1) is 14.4. The Balaban J connectivity index is 1.50. The number of pyridine rings is 1. The Hall–Kier alpha value is -3.09. The minimum absolute atomic E-state index is 0.00745. The summed E-state index contributed by atoms with van der Waals surface area (Å²) in [6, 6.07) is 6.22. The zero-order valence-electron chi connectivity index (χ0n) is 18.4. The Morgan fingerprint density at radius 3 is 2.83 bits per heavy atom. The summed E-state index contributed by atoms with van der Waals surface area (Å²) in [5, 5.41) is 8.37. The molecule has 1 N–H and O–H groups in total. The number of rotatable bonds is 6. The average Bonchev–Trinajstić information content (AvgIpc) is 3.28. The van der Waals surface area contributed by atoms with E-state index >= 15 is 0 Å². The third kappa shape index (κ3) is 3.49. The van der Waals surface area contributed by atoms with Gasteiger partial charge in [0, 0.05) is 43.6 Å². The molecule has 0 radical (unpaired) electrons. The molecule has 158 valence electrons. The largest absolute Gasteiger partial charge is 0.479 e. The van der Waals surface area contributed by atoms with Crippen molar-refractivity contribution in [2.24, 2.45) is 7.05 Å². The van der Waals surface area contributed by atoms with Crippen LogP contribution in [0.25, 0.3) is 11.0 Å². The van der Waals surface area contributed by atoms with E-state index in [0.29, 0.717) is 18.7 Å². The van der Waals surface area contributed by atoms with Gasteiger partial charge in [-0.05, 0) is 62.4 Å². The number of methoxy groups -OCH3 is 1. The topological polar surface area (TPSA) is 72.3 Å². The lowest BCUT2D eigenvalue weighted by Crippen LogP contribution is -2.19. The maximum Gasteiger partial charge on any atom is 0.242 e. The summed E-state index contributed by atoms with van der Waals surface area (Å²) in [4.78, 5) is 19.7. The van der Waals surface area contributed by atoms with E-state index in [4.69, 9.17) is 9.72 Å². The molecule has 0 fully saturated rings. The summed E-state index contributed by atoms with van der Waals surface area (Å²) >= 11 is 0. The van der Waals surface area contributed by atoms with Crippen LogP contribution < -0.4 is 15.0 Å². The van der Waals surface area contributed by atoms with E-state index in [0.717, 1.165) is 53.1 Å². The highest BCUT2D eigenvalue weighted by atomic mass is 16.5. The molecule has 4 rings (SSSR count). The van der Waals surface area contributed by atoms with E-state index in [1.807, 2.05) is 27.0 Å². The first kappa shape index (κ1) is 20.2. The Morgan fingerprint density at radius 1 is 1.30 bits per heavy atom. The molecule has 0 bridgehead atoms. The van der Waals surface area contributed by atoms with Crippen molar-refractivity contribution in [2.75, 3.05) is 30.4 Å². The lowest BCUT2D eigenvalue weighted by Gasteiger charge is -2.17. The van der Waals surface area contributed by atoms with Gasteiger partial charge in [0.15, 0.2) is 5.65 Å². The molecule has 0 atom stereocenters. The van der Waals surface area contributed by atoms with Crippen LogP contribution in [0.2, 0.25) is 0 Å². The monoisotopic (exact) mass is 407 g/mol. The molecule has 3 aromatic rings. The van der Waals surface area contributed by atoms with Crippen molar-refractivity contribution in [1.82, 2.24) is 14.8 Å². The number of carbonyl (C=O) groups is 1. The summed E-state index contributed by atoms with van der Waals surface area (Å²) < 4.78 is 7.16. The maximum atomic E-state index is 12.7. The van der Waals surface area contributed by atoms with Gasteiger partial charge in [0.05, 0.1) is 12.5 Å². The fourth-order valence-corrected chi connectivity index (χ4v) is 4.42. The van der Waals surface area contributed by atoms with Crippen LogP contribution in [0.3, 0.4) is 0 Å². The minimum atomic E-state index is 0.00745. The van der Waals surface area contributed by atoms with Gasteiger partial charge in [0.2, 0.25) is 11.8 Å². The molecule has 1 amide bonds. The van der Waals surface area contributed by atoms with Gasteiger partial charge in [-0.3, -0.25) is 4.79 Å². The van der Waals surface area contributed by atoms with Gasteiger partial charge in [0.1, 0.15) is 0 Å². The van der Waals surface area contributed by atoms with Crippen LogP contribution in [0.5, 0.6) is 5.88 Å². The summed E-state index contributed by atoms with van der Waals surface area (Å²) in [7, 11) is 3.48. The Labute approximate surface area is 177 Å². The smallest absolute Gasteiger partial charge is 0.242 e. The number of aromatic nitrogens is 3. The van der Waals surface area contributed by atoms with Gasteiger partial charge in [-0.1, -0.05) is 6.07 Å². The van der Waals surface area contributed by atoms with E-state index in [1.165, 1.54) is 11.3 Å². The molecule has 1 aromatic carbocycles. The third-order valence-corrected chi connectivity index (χ3v) is 6.06. The van der Waals surface area contributed by atoms with Crippen molar-refractivity contribution < 1.29 is 9.53 Å². The van der Waals surface area contributed by atoms with E-state index in [9.17, 15) is 4.79 Å². The molecule has 30 heavy (non-hydrogen) atoms. The predicted octanol–water partition coefficient (Wildman–Crippen LogP) is 3.55. The van der Waals surface area contributed by atoms with Crippen molar-refractivity contribution in [3.63, 3.8) is 0 Å². The van der Waals surface area contributed by atoms with E-state index in [1.54, 1.807) is 11.8 Å². The molecule has 0 saturated carbocycles. The zero-order chi connectivity index (χ0) is 21.4. The normalized spacial score (nSPS) is 13.0. The molecular weight excluding hydrogens is 378 g/mol. The van der Waals surface area contributed by atoms with Crippen LogP contribution in [0.1, 0.15) is 35.7 Å². The van der Waals surface area contributed by atoms with E-state index in [2.05, 4.69) is 34.4 Å². The molecule has 0 spiro atoms. The number of hydrogen-bond donors (Lipinski definition) is 1. The number of nitrogens with one attached hydrogen (secondary N) is 1. The third-order valence-electron chi connectivity index (χ3n) is 6.06. The number of hydrogen-bond acceptors (Lipinski definition) is 5. The van der Waals surface area contributed by atoms with Gasteiger partial charge in [-0.15, -0.1) is 5.10 Å². The maximum absolute atomic E-state index is 12.7. The van der Waals surface area contributed by atoms with Crippen LogP contribution in [0, 0.1) is 13.8 Å². The molecule has 7 nitrogen and oxygen atoms in total. The summed E-state index contributed by atoms with van der Waals surface area (Å²) in [6.45, 7) is 8.23. The summed E-state index contributed by atoms with van der Waals surface area (Å²) in [5.41, 5.74) is 7.32. The van der Waals surface area contributed by atoms with Crippen LogP contribution in [-0.2, 0) is 24.7 Å². The van der Waals surface area contributed by atoms with Crippen molar-refractivity contribution >= 4 is 28.3 Å². The number of aryl methyl sites for hydroxylation is 3. The van der Waals surface area contributed by atoms with Crippen molar-refractivity contribution in [3.05, 3.63) is 40.6 Å². The first-order valence-corrected chi connectivity index (χ1v) is 10.5. The lowest BCUT2D eigenvalue weighted by atomic mass is 10.00.